The minimum absolute atomic E-state index is 0.0350. The molecular formula is C14H16Br2N2O4. The molecule has 1 aromatic rings. The summed E-state index contributed by atoms with van der Waals surface area (Å²) in [6, 6.07) is 5.35. The predicted octanol–water partition coefficient (Wildman–Crippen LogP) is 3.04. The van der Waals surface area contributed by atoms with Gasteiger partial charge in [-0.05, 0) is 48.0 Å². The van der Waals surface area contributed by atoms with Gasteiger partial charge in [-0.2, -0.15) is 5.10 Å². The molecule has 1 amide bonds. The lowest BCUT2D eigenvalue weighted by atomic mass is 10.3. The van der Waals surface area contributed by atoms with E-state index in [4.69, 9.17) is 9.47 Å². The van der Waals surface area contributed by atoms with Gasteiger partial charge in [0.1, 0.15) is 5.75 Å². The van der Waals surface area contributed by atoms with Crippen LogP contribution in [0.5, 0.6) is 5.75 Å². The number of esters is 1. The third kappa shape index (κ3) is 7.04. The van der Waals surface area contributed by atoms with E-state index in [0.29, 0.717) is 18.1 Å². The Hall–Kier alpha value is -1.41. The summed E-state index contributed by atoms with van der Waals surface area (Å²) in [5.41, 5.74) is 2.78. The molecule has 0 bridgehead atoms. The molecule has 0 spiro atoms. The Morgan fingerprint density at radius 3 is 2.68 bits per heavy atom. The van der Waals surface area contributed by atoms with Gasteiger partial charge in [-0.3, -0.25) is 9.59 Å². The van der Waals surface area contributed by atoms with Crippen LogP contribution in [0.4, 0.5) is 0 Å². The summed E-state index contributed by atoms with van der Waals surface area (Å²) in [5.74, 6) is -0.253. The fourth-order valence-electron chi connectivity index (χ4n) is 1.39. The molecule has 0 aromatic heterocycles. The van der Waals surface area contributed by atoms with Gasteiger partial charge in [-0.15, -0.1) is 0 Å². The summed E-state index contributed by atoms with van der Waals surface area (Å²) in [7, 11) is 0. The molecule has 1 aromatic carbocycles. The van der Waals surface area contributed by atoms with Gasteiger partial charge in [0.05, 0.1) is 17.5 Å². The summed E-state index contributed by atoms with van der Waals surface area (Å²) < 4.78 is 11.8. The Labute approximate surface area is 145 Å². The Kier molecular flexibility index (Phi) is 8.11. The second kappa shape index (κ2) is 9.58. The minimum Gasteiger partial charge on any atom is -0.483 e. The van der Waals surface area contributed by atoms with Crippen LogP contribution in [-0.2, 0) is 14.3 Å². The van der Waals surface area contributed by atoms with Crippen molar-refractivity contribution >= 4 is 49.4 Å². The summed E-state index contributed by atoms with van der Waals surface area (Å²) in [4.78, 5) is 22.9. The maximum atomic E-state index is 11.6. The van der Waals surface area contributed by atoms with Crippen LogP contribution in [0.25, 0.3) is 0 Å². The molecule has 0 aliphatic heterocycles. The number of hydrogen-bond donors (Lipinski definition) is 1. The molecule has 0 atom stereocenters. The van der Waals surface area contributed by atoms with Crippen molar-refractivity contribution in [3.8, 4) is 5.75 Å². The summed E-state index contributed by atoms with van der Waals surface area (Å²) >= 11 is 6.66. The maximum Gasteiger partial charge on any atom is 0.311 e. The van der Waals surface area contributed by atoms with Crippen molar-refractivity contribution in [2.24, 2.45) is 5.10 Å². The van der Waals surface area contributed by atoms with E-state index in [1.165, 1.54) is 0 Å². The third-order valence-corrected chi connectivity index (χ3v) is 3.44. The topological polar surface area (TPSA) is 77.0 Å². The number of benzene rings is 1. The van der Waals surface area contributed by atoms with Crippen molar-refractivity contribution in [1.29, 1.82) is 0 Å². The van der Waals surface area contributed by atoms with E-state index in [-0.39, 0.29) is 19.0 Å². The first-order valence-electron chi connectivity index (χ1n) is 6.47. The number of carbonyl (C=O) groups excluding carboxylic acids is 2. The molecule has 0 saturated heterocycles. The molecule has 1 N–H and O–H groups in total. The summed E-state index contributed by atoms with van der Waals surface area (Å²) in [6.07, 6.45) is 0.0350. The average molecular weight is 436 g/mol. The zero-order valence-electron chi connectivity index (χ0n) is 12.2. The molecule has 120 valence electrons. The maximum absolute atomic E-state index is 11.6. The molecule has 22 heavy (non-hydrogen) atoms. The van der Waals surface area contributed by atoms with Crippen molar-refractivity contribution in [3.63, 3.8) is 0 Å². The molecule has 0 unspecified atom stereocenters. The number of rotatable bonds is 7. The van der Waals surface area contributed by atoms with E-state index >= 15 is 0 Å². The van der Waals surface area contributed by atoms with Gasteiger partial charge in [0, 0.05) is 10.2 Å². The van der Waals surface area contributed by atoms with Gasteiger partial charge in [0.25, 0.3) is 5.91 Å². The number of carbonyl (C=O) groups is 2. The summed E-state index contributed by atoms with van der Waals surface area (Å²) in [5, 5.41) is 3.81. The lowest BCUT2D eigenvalue weighted by Crippen LogP contribution is -2.26. The van der Waals surface area contributed by atoms with E-state index in [1.807, 2.05) is 6.07 Å². The number of halogens is 2. The number of nitrogens with zero attached hydrogens (tertiary/aromatic N) is 1. The highest BCUT2D eigenvalue weighted by molar-refractivity contribution is 9.11. The first-order chi connectivity index (χ1) is 10.4. The van der Waals surface area contributed by atoms with Crippen LogP contribution in [0, 0.1) is 0 Å². The molecule has 8 heteroatoms. The van der Waals surface area contributed by atoms with Crippen LogP contribution in [0.3, 0.4) is 0 Å². The van der Waals surface area contributed by atoms with Gasteiger partial charge < -0.3 is 9.47 Å². The number of amides is 1. The van der Waals surface area contributed by atoms with E-state index in [2.05, 4.69) is 42.4 Å². The Morgan fingerprint density at radius 1 is 1.32 bits per heavy atom. The average Bonchev–Trinajstić information content (AvgIpc) is 2.44. The second-order valence-electron chi connectivity index (χ2n) is 4.23. The number of ether oxygens (including phenoxy) is 2. The van der Waals surface area contributed by atoms with Crippen molar-refractivity contribution in [3.05, 3.63) is 27.1 Å². The highest BCUT2D eigenvalue weighted by atomic mass is 79.9. The standard InChI is InChI=1S/C14H16Br2N2O4/c1-3-21-14(20)6-9(2)17-18-13(19)8-22-12-5-4-10(15)7-11(12)16/h4-5,7H,3,6,8H2,1-2H3,(H,18,19). The molecule has 6 nitrogen and oxygen atoms in total. The largest absolute Gasteiger partial charge is 0.483 e. The highest BCUT2D eigenvalue weighted by Gasteiger charge is 2.07. The van der Waals surface area contributed by atoms with Crippen molar-refractivity contribution < 1.29 is 19.1 Å². The number of hydrogen-bond acceptors (Lipinski definition) is 5. The smallest absolute Gasteiger partial charge is 0.311 e. The lowest BCUT2D eigenvalue weighted by Gasteiger charge is -2.07. The van der Waals surface area contributed by atoms with E-state index < -0.39 is 5.91 Å². The Morgan fingerprint density at radius 2 is 2.05 bits per heavy atom. The van der Waals surface area contributed by atoms with E-state index in [0.717, 1.165) is 8.95 Å². The molecule has 1 rings (SSSR count). The normalized spacial score (nSPS) is 11.0. The zero-order chi connectivity index (χ0) is 16.5. The first kappa shape index (κ1) is 18.6. The molecule has 0 saturated carbocycles. The van der Waals surface area contributed by atoms with Crippen molar-refractivity contribution in [2.45, 2.75) is 20.3 Å². The Bertz CT molecular complexity index is 576. The van der Waals surface area contributed by atoms with Crippen LogP contribution >= 0.6 is 31.9 Å². The molecule has 0 heterocycles. The van der Waals surface area contributed by atoms with Crippen molar-refractivity contribution in [1.82, 2.24) is 5.43 Å². The fourth-order valence-corrected chi connectivity index (χ4v) is 2.55. The van der Waals surface area contributed by atoms with Crippen LogP contribution in [0.1, 0.15) is 20.3 Å². The van der Waals surface area contributed by atoms with Gasteiger partial charge in [0.2, 0.25) is 0 Å². The fraction of sp³-hybridized carbons (Fsp3) is 0.357. The van der Waals surface area contributed by atoms with Gasteiger partial charge in [-0.25, -0.2) is 5.43 Å². The third-order valence-electron chi connectivity index (χ3n) is 2.33. The monoisotopic (exact) mass is 434 g/mol. The van der Waals surface area contributed by atoms with Gasteiger partial charge in [0.15, 0.2) is 6.61 Å². The van der Waals surface area contributed by atoms with Gasteiger partial charge in [-0.1, -0.05) is 15.9 Å². The van der Waals surface area contributed by atoms with E-state index in [9.17, 15) is 9.59 Å². The summed E-state index contributed by atoms with van der Waals surface area (Å²) in [6.45, 7) is 3.48. The highest BCUT2D eigenvalue weighted by Crippen LogP contribution is 2.27. The second-order valence-corrected chi connectivity index (χ2v) is 6.00. The molecule has 0 fully saturated rings. The van der Waals surface area contributed by atoms with Crippen LogP contribution < -0.4 is 10.2 Å². The minimum atomic E-state index is -0.418. The molecule has 0 aliphatic carbocycles. The molecular weight excluding hydrogens is 420 g/mol. The van der Waals surface area contributed by atoms with Crippen LogP contribution in [-0.4, -0.2) is 30.8 Å². The molecule has 0 aliphatic rings. The first-order valence-corrected chi connectivity index (χ1v) is 8.06. The van der Waals surface area contributed by atoms with Crippen LogP contribution in [0.15, 0.2) is 32.2 Å². The predicted molar refractivity (Wildman–Crippen MR) is 89.8 cm³/mol. The quantitative estimate of drug-likeness (QED) is 0.405. The zero-order valence-corrected chi connectivity index (χ0v) is 15.4. The van der Waals surface area contributed by atoms with Crippen molar-refractivity contribution in [2.75, 3.05) is 13.2 Å². The number of nitrogens with one attached hydrogen (secondary N) is 1. The Balaban J connectivity index is 2.41. The number of hydrazone groups is 1. The SMILES string of the molecule is CCOC(=O)CC(C)=NNC(=O)COc1ccc(Br)cc1Br. The van der Waals surface area contributed by atoms with E-state index in [1.54, 1.807) is 26.0 Å². The lowest BCUT2D eigenvalue weighted by molar-refractivity contribution is -0.141. The van der Waals surface area contributed by atoms with Gasteiger partial charge >= 0.3 is 5.97 Å². The molecule has 0 radical (unpaired) electrons. The van der Waals surface area contributed by atoms with Crippen LogP contribution in [0.2, 0.25) is 0 Å².